The van der Waals surface area contributed by atoms with Crippen molar-refractivity contribution in [3.8, 4) is 11.3 Å². The van der Waals surface area contributed by atoms with Crippen molar-refractivity contribution < 1.29 is 14.5 Å². The fraction of sp³-hybridized carbons (Fsp3) is 0.0588. The molecule has 8 heteroatoms. The number of carbonyl (C=O) groups is 1. The van der Waals surface area contributed by atoms with Crippen LogP contribution in [0.25, 0.3) is 11.3 Å². The van der Waals surface area contributed by atoms with E-state index < -0.39 is 11.0 Å². The van der Waals surface area contributed by atoms with Crippen LogP contribution in [0.5, 0.6) is 0 Å². The van der Waals surface area contributed by atoms with Gasteiger partial charge in [-0.25, -0.2) is 4.79 Å². The molecular formula is C17H14N4O4. The summed E-state index contributed by atoms with van der Waals surface area (Å²) in [5.41, 5.74) is 1.98. The van der Waals surface area contributed by atoms with Gasteiger partial charge in [0.15, 0.2) is 5.82 Å². The average molecular weight is 338 g/mol. The van der Waals surface area contributed by atoms with Crippen LogP contribution in [0, 0.1) is 10.1 Å². The number of nitrogens with one attached hydrogen (secondary N) is 2. The summed E-state index contributed by atoms with van der Waals surface area (Å²) in [5, 5.41) is 20.0. The predicted octanol–water partition coefficient (Wildman–Crippen LogP) is 3.73. The number of nitro benzene ring substituents is 1. The quantitative estimate of drug-likeness (QED) is 0.544. The molecule has 8 nitrogen and oxygen atoms in total. The molecule has 3 aromatic rings. The van der Waals surface area contributed by atoms with Gasteiger partial charge in [-0.15, -0.1) is 0 Å². The lowest BCUT2D eigenvalue weighted by molar-refractivity contribution is -0.384. The van der Waals surface area contributed by atoms with Crippen molar-refractivity contribution in [1.29, 1.82) is 0 Å². The van der Waals surface area contributed by atoms with Crippen molar-refractivity contribution in [3.63, 3.8) is 0 Å². The van der Waals surface area contributed by atoms with E-state index in [1.54, 1.807) is 18.2 Å². The van der Waals surface area contributed by atoms with Crippen LogP contribution in [0.2, 0.25) is 0 Å². The minimum Gasteiger partial charge on any atom is -0.444 e. The maximum absolute atomic E-state index is 11.8. The minimum absolute atomic E-state index is 0.0242. The molecule has 0 aliphatic heterocycles. The number of ether oxygens (including phenoxy) is 1. The summed E-state index contributed by atoms with van der Waals surface area (Å²) >= 11 is 0. The summed E-state index contributed by atoms with van der Waals surface area (Å²) in [7, 11) is 0. The van der Waals surface area contributed by atoms with Gasteiger partial charge in [-0.05, 0) is 5.56 Å². The normalized spacial score (nSPS) is 10.2. The lowest BCUT2D eigenvalue weighted by Gasteiger charge is -2.04. The monoisotopic (exact) mass is 338 g/mol. The number of H-pyrrole nitrogens is 1. The Bertz CT molecular complexity index is 892. The molecule has 0 radical (unpaired) electrons. The SMILES string of the molecule is O=C(Nc1cc(-c2cccc([N+](=O)[O-])c2)[nH]n1)OCc1ccccc1. The van der Waals surface area contributed by atoms with Gasteiger partial charge in [-0.3, -0.25) is 20.5 Å². The molecule has 1 heterocycles. The Morgan fingerprint density at radius 1 is 1.16 bits per heavy atom. The maximum atomic E-state index is 11.8. The van der Waals surface area contributed by atoms with Crippen LogP contribution in [0.15, 0.2) is 60.7 Å². The van der Waals surface area contributed by atoms with Crippen molar-refractivity contribution in [1.82, 2.24) is 10.2 Å². The van der Waals surface area contributed by atoms with Crippen molar-refractivity contribution in [3.05, 3.63) is 76.3 Å². The van der Waals surface area contributed by atoms with E-state index in [1.807, 2.05) is 30.3 Å². The largest absolute Gasteiger partial charge is 0.444 e. The first kappa shape index (κ1) is 16.2. The van der Waals surface area contributed by atoms with E-state index in [1.165, 1.54) is 12.1 Å². The first-order valence-electron chi connectivity index (χ1n) is 7.40. The van der Waals surface area contributed by atoms with Gasteiger partial charge in [0.1, 0.15) is 6.61 Å². The number of rotatable bonds is 5. The van der Waals surface area contributed by atoms with Crippen LogP contribution in [0.1, 0.15) is 5.56 Å². The number of hydrogen-bond acceptors (Lipinski definition) is 5. The van der Waals surface area contributed by atoms with Crippen molar-refractivity contribution in [2.24, 2.45) is 0 Å². The van der Waals surface area contributed by atoms with E-state index in [9.17, 15) is 14.9 Å². The van der Waals surface area contributed by atoms with Crippen LogP contribution < -0.4 is 5.32 Å². The van der Waals surface area contributed by atoms with Gasteiger partial charge in [0.2, 0.25) is 0 Å². The van der Waals surface area contributed by atoms with Crippen LogP contribution >= 0.6 is 0 Å². The molecule has 1 amide bonds. The number of anilines is 1. The molecule has 0 atom stereocenters. The van der Waals surface area contributed by atoms with E-state index in [2.05, 4.69) is 15.5 Å². The number of non-ortho nitro benzene ring substituents is 1. The molecule has 0 saturated heterocycles. The highest BCUT2D eigenvalue weighted by Crippen LogP contribution is 2.23. The molecule has 1 aromatic heterocycles. The minimum atomic E-state index is -0.638. The van der Waals surface area contributed by atoms with Crippen molar-refractivity contribution in [2.45, 2.75) is 6.61 Å². The summed E-state index contributed by atoms with van der Waals surface area (Å²) < 4.78 is 5.10. The Labute approximate surface area is 142 Å². The highest BCUT2D eigenvalue weighted by atomic mass is 16.6. The smallest absolute Gasteiger partial charge is 0.413 e. The second kappa shape index (κ2) is 7.26. The number of aromatic nitrogens is 2. The van der Waals surface area contributed by atoms with Crippen LogP contribution in [0.3, 0.4) is 0 Å². The molecule has 2 aromatic carbocycles. The molecule has 0 saturated carbocycles. The van der Waals surface area contributed by atoms with E-state index in [0.29, 0.717) is 11.3 Å². The molecule has 0 unspecified atom stereocenters. The molecule has 25 heavy (non-hydrogen) atoms. The second-order valence-corrected chi connectivity index (χ2v) is 5.16. The predicted molar refractivity (Wildman–Crippen MR) is 90.9 cm³/mol. The maximum Gasteiger partial charge on any atom is 0.413 e. The highest BCUT2D eigenvalue weighted by Gasteiger charge is 2.11. The first-order chi connectivity index (χ1) is 12.1. The van der Waals surface area contributed by atoms with Gasteiger partial charge < -0.3 is 4.74 Å². The van der Waals surface area contributed by atoms with Gasteiger partial charge in [-0.2, -0.15) is 5.10 Å². The number of hydrogen-bond donors (Lipinski definition) is 2. The summed E-state index contributed by atoms with van der Waals surface area (Å²) in [6, 6.07) is 17.0. The molecule has 2 N–H and O–H groups in total. The lowest BCUT2D eigenvalue weighted by atomic mass is 10.1. The molecule has 0 spiro atoms. The zero-order valence-corrected chi connectivity index (χ0v) is 13.0. The average Bonchev–Trinajstić information content (AvgIpc) is 3.09. The summed E-state index contributed by atoms with van der Waals surface area (Å²) in [4.78, 5) is 22.2. The third-order valence-electron chi connectivity index (χ3n) is 3.39. The Kier molecular flexibility index (Phi) is 4.70. The lowest BCUT2D eigenvalue weighted by Crippen LogP contribution is -2.13. The highest BCUT2D eigenvalue weighted by molar-refractivity contribution is 5.84. The topological polar surface area (TPSA) is 110 Å². The second-order valence-electron chi connectivity index (χ2n) is 5.16. The first-order valence-corrected chi connectivity index (χ1v) is 7.40. The number of nitro groups is 1. The van der Waals surface area contributed by atoms with Gasteiger partial charge in [0.25, 0.3) is 5.69 Å². The summed E-state index contributed by atoms with van der Waals surface area (Å²) in [6.07, 6.45) is -0.638. The van der Waals surface area contributed by atoms with Crippen LogP contribution in [-0.4, -0.2) is 21.2 Å². The van der Waals surface area contributed by atoms with Gasteiger partial charge in [0, 0.05) is 23.8 Å². The van der Waals surface area contributed by atoms with Gasteiger partial charge in [0.05, 0.1) is 10.6 Å². The molecular weight excluding hydrogens is 324 g/mol. The standard InChI is InChI=1S/C17H14N4O4/c22-17(25-11-12-5-2-1-3-6-12)18-16-10-15(19-20-16)13-7-4-8-14(9-13)21(23)24/h1-10H,11H2,(H2,18,19,20,22). The molecule has 0 bridgehead atoms. The van der Waals surface area contributed by atoms with Crippen molar-refractivity contribution >= 4 is 17.6 Å². The number of aromatic amines is 1. The molecule has 0 fully saturated rings. The third kappa shape index (κ3) is 4.20. The van der Waals surface area contributed by atoms with Crippen molar-refractivity contribution in [2.75, 3.05) is 5.32 Å². The molecule has 3 rings (SSSR count). The van der Waals surface area contributed by atoms with Gasteiger partial charge >= 0.3 is 6.09 Å². The Hall–Kier alpha value is -3.68. The number of nitrogens with zero attached hydrogens (tertiary/aromatic N) is 2. The Morgan fingerprint density at radius 2 is 1.96 bits per heavy atom. The van der Waals surface area contributed by atoms with E-state index in [4.69, 9.17) is 4.74 Å². The van der Waals surface area contributed by atoms with Crippen LogP contribution in [-0.2, 0) is 11.3 Å². The number of benzene rings is 2. The third-order valence-corrected chi connectivity index (χ3v) is 3.39. The Balaban J connectivity index is 1.62. The fourth-order valence-corrected chi connectivity index (χ4v) is 2.18. The van der Waals surface area contributed by atoms with Gasteiger partial charge in [-0.1, -0.05) is 42.5 Å². The van der Waals surface area contributed by atoms with E-state index in [0.717, 1.165) is 5.56 Å². The molecule has 0 aliphatic rings. The summed E-state index contributed by atoms with van der Waals surface area (Å²) in [5.74, 6) is 0.263. The number of carbonyl (C=O) groups excluding carboxylic acids is 1. The fourth-order valence-electron chi connectivity index (χ4n) is 2.18. The molecule has 0 aliphatic carbocycles. The zero-order chi connectivity index (χ0) is 17.6. The van der Waals surface area contributed by atoms with E-state index in [-0.39, 0.29) is 18.1 Å². The Morgan fingerprint density at radius 3 is 2.72 bits per heavy atom. The number of amides is 1. The molecule has 126 valence electrons. The van der Waals surface area contributed by atoms with E-state index >= 15 is 0 Å². The zero-order valence-electron chi connectivity index (χ0n) is 13.0. The summed E-state index contributed by atoms with van der Waals surface area (Å²) in [6.45, 7) is 0.148. The van der Waals surface area contributed by atoms with Crippen LogP contribution in [0.4, 0.5) is 16.3 Å².